The van der Waals surface area contributed by atoms with Gasteiger partial charge in [-0.15, -0.1) is 0 Å². The molecule has 0 unspecified atom stereocenters. The highest BCUT2D eigenvalue weighted by molar-refractivity contribution is 5.76. The first-order valence-electron chi connectivity index (χ1n) is 6.77. The first kappa shape index (κ1) is 14.3. The lowest BCUT2D eigenvalue weighted by Crippen LogP contribution is -2.36. The highest BCUT2D eigenvalue weighted by Crippen LogP contribution is 2.20. The maximum Gasteiger partial charge on any atom is 0.406 e. The Labute approximate surface area is 116 Å². The van der Waals surface area contributed by atoms with Crippen molar-refractivity contribution in [3.63, 3.8) is 0 Å². The van der Waals surface area contributed by atoms with Gasteiger partial charge in [-0.1, -0.05) is 0 Å². The molecule has 0 bridgehead atoms. The highest BCUT2D eigenvalue weighted by atomic mass is 16.6. The maximum atomic E-state index is 12.0. The average molecular weight is 281 g/mol. The van der Waals surface area contributed by atoms with Crippen LogP contribution in [0.5, 0.6) is 0 Å². The molecule has 1 aromatic heterocycles. The number of piperidine rings is 1. The van der Waals surface area contributed by atoms with Crippen LogP contribution in [0.2, 0.25) is 0 Å². The Balaban J connectivity index is 1.85. The number of anilines is 1. The van der Waals surface area contributed by atoms with E-state index in [2.05, 4.69) is 10.3 Å². The minimum Gasteiger partial charge on any atom is -0.364 e. The standard InChI is InChI=1S/C12H19N5O3/c1-15-9-14-12(17(19)20)11(15)13-6-5-10(18)16-7-3-2-4-8-16/h9,13H,2-8H2,1H3. The minimum absolute atomic E-state index is 0.0991. The largest absolute Gasteiger partial charge is 0.406 e. The number of hydrogen-bond acceptors (Lipinski definition) is 5. The third kappa shape index (κ3) is 3.25. The van der Waals surface area contributed by atoms with Crippen LogP contribution in [0.1, 0.15) is 25.7 Å². The summed E-state index contributed by atoms with van der Waals surface area (Å²) < 4.78 is 1.55. The molecule has 2 rings (SSSR count). The van der Waals surface area contributed by atoms with Gasteiger partial charge in [-0.05, 0) is 29.2 Å². The fraction of sp³-hybridized carbons (Fsp3) is 0.667. The van der Waals surface area contributed by atoms with Crippen LogP contribution >= 0.6 is 0 Å². The van der Waals surface area contributed by atoms with Crippen molar-refractivity contribution in [2.45, 2.75) is 25.7 Å². The summed E-state index contributed by atoms with van der Waals surface area (Å²) >= 11 is 0. The fourth-order valence-corrected chi connectivity index (χ4v) is 2.34. The summed E-state index contributed by atoms with van der Waals surface area (Å²) in [5.74, 6) is 0.224. The van der Waals surface area contributed by atoms with Gasteiger partial charge in [0.2, 0.25) is 18.1 Å². The second kappa shape index (κ2) is 6.36. The van der Waals surface area contributed by atoms with Gasteiger partial charge < -0.3 is 20.3 Å². The molecular formula is C12H19N5O3. The molecule has 0 aliphatic carbocycles. The summed E-state index contributed by atoms with van der Waals surface area (Å²) in [5.41, 5.74) is 0. The molecule has 110 valence electrons. The monoisotopic (exact) mass is 281 g/mol. The van der Waals surface area contributed by atoms with E-state index in [9.17, 15) is 14.9 Å². The number of hydrogen-bond donors (Lipinski definition) is 1. The number of carbonyl (C=O) groups is 1. The number of carbonyl (C=O) groups excluding carboxylic acids is 1. The number of amides is 1. The van der Waals surface area contributed by atoms with Crippen molar-refractivity contribution in [1.82, 2.24) is 14.5 Å². The Morgan fingerprint density at radius 2 is 2.15 bits per heavy atom. The summed E-state index contributed by atoms with van der Waals surface area (Å²) in [6.07, 6.45) is 5.03. The van der Waals surface area contributed by atoms with E-state index in [4.69, 9.17) is 0 Å². The lowest BCUT2D eigenvalue weighted by atomic mass is 10.1. The number of nitrogens with one attached hydrogen (secondary N) is 1. The van der Waals surface area contributed by atoms with Gasteiger partial charge in [0.05, 0.1) is 0 Å². The summed E-state index contributed by atoms with van der Waals surface area (Å²) in [5, 5.41) is 13.7. The van der Waals surface area contributed by atoms with Gasteiger partial charge >= 0.3 is 5.82 Å². The third-order valence-electron chi connectivity index (χ3n) is 3.43. The average Bonchev–Trinajstić information content (AvgIpc) is 2.81. The molecule has 2 heterocycles. The van der Waals surface area contributed by atoms with Crippen molar-refractivity contribution in [2.75, 3.05) is 25.0 Å². The van der Waals surface area contributed by atoms with E-state index >= 15 is 0 Å². The number of likely N-dealkylation sites (tertiary alicyclic amines) is 1. The smallest absolute Gasteiger partial charge is 0.364 e. The minimum atomic E-state index is -0.533. The number of aromatic nitrogens is 2. The molecule has 1 aliphatic rings. The molecule has 0 saturated carbocycles. The first-order valence-corrected chi connectivity index (χ1v) is 6.77. The molecular weight excluding hydrogens is 262 g/mol. The number of aryl methyl sites for hydroxylation is 1. The molecule has 1 fully saturated rings. The van der Waals surface area contributed by atoms with Gasteiger partial charge in [-0.3, -0.25) is 9.36 Å². The molecule has 20 heavy (non-hydrogen) atoms. The summed E-state index contributed by atoms with van der Waals surface area (Å²) in [4.78, 5) is 27.8. The third-order valence-corrected chi connectivity index (χ3v) is 3.43. The Hall–Kier alpha value is -2.12. The van der Waals surface area contributed by atoms with E-state index in [0.29, 0.717) is 18.8 Å². The molecule has 1 N–H and O–H groups in total. The van der Waals surface area contributed by atoms with Crippen molar-refractivity contribution in [1.29, 1.82) is 0 Å². The van der Waals surface area contributed by atoms with E-state index in [1.54, 1.807) is 11.6 Å². The van der Waals surface area contributed by atoms with Crippen molar-refractivity contribution in [3.8, 4) is 0 Å². The van der Waals surface area contributed by atoms with Gasteiger partial charge in [0.15, 0.2) is 0 Å². The van der Waals surface area contributed by atoms with Crippen LogP contribution in [-0.2, 0) is 11.8 Å². The quantitative estimate of drug-likeness (QED) is 0.645. The Bertz CT molecular complexity index is 493. The van der Waals surface area contributed by atoms with E-state index in [-0.39, 0.29) is 11.7 Å². The molecule has 0 aromatic carbocycles. The van der Waals surface area contributed by atoms with Crippen LogP contribution in [0.25, 0.3) is 0 Å². The molecule has 1 amide bonds. The van der Waals surface area contributed by atoms with Crippen molar-refractivity contribution in [3.05, 3.63) is 16.4 Å². The predicted molar refractivity (Wildman–Crippen MR) is 73.4 cm³/mol. The highest BCUT2D eigenvalue weighted by Gasteiger charge is 2.20. The second-order valence-electron chi connectivity index (χ2n) is 4.90. The maximum absolute atomic E-state index is 12.0. The number of nitro groups is 1. The SMILES string of the molecule is Cn1cnc([N+](=O)[O-])c1NCCC(=O)N1CCCCC1. The number of nitrogens with zero attached hydrogens (tertiary/aromatic N) is 4. The molecule has 0 atom stereocenters. The van der Waals surface area contributed by atoms with Crippen molar-refractivity contribution < 1.29 is 9.72 Å². The lowest BCUT2D eigenvalue weighted by Gasteiger charge is -2.26. The van der Waals surface area contributed by atoms with Crippen LogP contribution in [0, 0.1) is 10.1 Å². The van der Waals surface area contributed by atoms with Gasteiger partial charge in [-0.2, -0.15) is 0 Å². The van der Waals surface area contributed by atoms with Crippen LogP contribution in [-0.4, -0.2) is 44.9 Å². The van der Waals surface area contributed by atoms with E-state index in [1.807, 2.05) is 4.90 Å². The zero-order valence-corrected chi connectivity index (χ0v) is 11.5. The van der Waals surface area contributed by atoms with Gasteiger partial charge in [-0.25, -0.2) is 0 Å². The molecule has 0 radical (unpaired) electrons. The zero-order valence-electron chi connectivity index (χ0n) is 11.5. The summed E-state index contributed by atoms with van der Waals surface area (Å²) in [7, 11) is 1.68. The van der Waals surface area contributed by atoms with E-state index in [0.717, 1.165) is 25.9 Å². The van der Waals surface area contributed by atoms with Gasteiger partial charge in [0, 0.05) is 33.1 Å². The van der Waals surface area contributed by atoms with Gasteiger partial charge in [0.1, 0.15) is 0 Å². The first-order chi connectivity index (χ1) is 9.59. The molecule has 1 aliphatic heterocycles. The Morgan fingerprint density at radius 1 is 1.45 bits per heavy atom. The van der Waals surface area contributed by atoms with Gasteiger partial charge in [0.25, 0.3) is 0 Å². The Morgan fingerprint density at radius 3 is 2.80 bits per heavy atom. The Kier molecular flexibility index (Phi) is 4.54. The topological polar surface area (TPSA) is 93.3 Å². The zero-order chi connectivity index (χ0) is 14.5. The molecule has 8 heteroatoms. The van der Waals surface area contributed by atoms with Crippen molar-refractivity contribution >= 4 is 17.5 Å². The van der Waals surface area contributed by atoms with E-state index < -0.39 is 4.92 Å². The molecule has 8 nitrogen and oxygen atoms in total. The van der Waals surface area contributed by atoms with Crippen LogP contribution in [0.4, 0.5) is 11.6 Å². The molecule has 1 aromatic rings. The summed E-state index contributed by atoms with van der Waals surface area (Å²) in [6, 6.07) is 0. The van der Waals surface area contributed by atoms with E-state index in [1.165, 1.54) is 12.7 Å². The fourth-order valence-electron chi connectivity index (χ4n) is 2.34. The molecule has 0 spiro atoms. The molecule has 1 saturated heterocycles. The number of imidazole rings is 1. The van der Waals surface area contributed by atoms with Crippen LogP contribution in [0.15, 0.2) is 6.33 Å². The normalized spacial score (nSPS) is 15.2. The summed E-state index contributed by atoms with van der Waals surface area (Å²) in [6.45, 7) is 2.02. The predicted octanol–water partition coefficient (Wildman–Crippen LogP) is 1.14. The van der Waals surface area contributed by atoms with Crippen LogP contribution < -0.4 is 5.32 Å². The van der Waals surface area contributed by atoms with Crippen LogP contribution in [0.3, 0.4) is 0 Å². The second-order valence-corrected chi connectivity index (χ2v) is 4.90. The lowest BCUT2D eigenvalue weighted by molar-refractivity contribution is -0.388. The number of rotatable bonds is 5. The van der Waals surface area contributed by atoms with Crippen molar-refractivity contribution in [2.24, 2.45) is 7.05 Å².